The predicted molar refractivity (Wildman–Crippen MR) is 360 cm³/mol. The third-order valence-electron chi connectivity index (χ3n) is 17.5. The minimum atomic E-state index is -2.29. The number of esters is 4. The summed E-state index contributed by atoms with van der Waals surface area (Å²) in [5, 5.41) is 29.4. The van der Waals surface area contributed by atoms with Gasteiger partial charge in [0, 0.05) is 94.0 Å². The van der Waals surface area contributed by atoms with Crippen molar-refractivity contribution in [3.05, 3.63) is 157 Å². The second-order valence-corrected chi connectivity index (χ2v) is 25.9. The third-order valence-corrected chi connectivity index (χ3v) is 17.5. The first-order valence-corrected chi connectivity index (χ1v) is 33.2. The Morgan fingerprint density at radius 3 is 1.40 bits per heavy atom. The van der Waals surface area contributed by atoms with Crippen LogP contribution in [0.1, 0.15) is 199 Å². The first-order chi connectivity index (χ1) is 43.3. The first-order valence-electron chi connectivity index (χ1n) is 33.2. The van der Waals surface area contributed by atoms with Crippen molar-refractivity contribution < 1.29 is 111 Å². The van der Waals surface area contributed by atoms with Crippen LogP contribution in [0.4, 0.5) is 4.79 Å². The van der Waals surface area contributed by atoms with Gasteiger partial charge in [-0.2, -0.15) is 0 Å². The molecule has 0 unspecified atom stereocenters. The summed E-state index contributed by atoms with van der Waals surface area (Å²) in [6.07, 6.45) is 52.5. The van der Waals surface area contributed by atoms with E-state index in [1.165, 1.54) is 6.92 Å². The molecule has 1 saturated heterocycles. The van der Waals surface area contributed by atoms with Crippen LogP contribution in [0.3, 0.4) is 0 Å². The summed E-state index contributed by atoms with van der Waals surface area (Å²) in [7, 11) is 0. The molecule has 0 aromatic heterocycles. The van der Waals surface area contributed by atoms with Crippen LogP contribution in [0.25, 0.3) is 0 Å². The number of hydrogen-bond acceptors (Lipinski definition) is 14. The minimum absolute atomic E-state index is 0. The topological polar surface area (TPSA) is 210 Å². The number of amides is 1. The molecule has 0 aromatic carbocycles. The van der Waals surface area contributed by atoms with Gasteiger partial charge in [0.15, 0.2) is 11.9 Å². The van der Waals surface area contributed by atoms with E-state index in [1.54, 1.807) is 55.4 Å². The quantitative estimate of drug-likeness (QED) is 0.0306. The van der Waals surface area contributed by atoms with Crippen molar-refractivity contribution in [2.24, 2.45) is 22.7 Å². The summed E-state index contributed by atoms with van der Waals surface area (Å²) in [6.45, 7) is 19.8. The van der Waals surface area contributed by atoms with Crippen molar-refractivity contribution in [1.82, 2.24) is 5.32 Å². The van der Waals surface area contributed by atoms with Crippen LogP contribution in [0.5, 0.6) is 0 Å². The molecule has 0 spiro atoms. The van der Waals surface area contributed by atoms with Gasteiger partial charge < -0.3 is 44.0 Å². The van der Waals surface area contributed by atoms with Crippen LogP contribution < -0.4 is 5.32 Å². The van der Waals surface area contributed by atoms with E-state index in [0.29, 0.717) is 24.8 Å². The van der Waals surface area contributed by atoms with Gasteiger partial charge in [0.2, 0.25) is 0 Å². The smallest absolute Gasteiger partial charge is 0.407 e. The fourth-order valence-electron chi connectivity index (χ4n) is 12.2. The van der Waals surface area contributed by atoms with Gasteiger partial charge >= 0.3 is 30.0 Å². The van der Waals surface area contributed by atoms with E-state index < -0.39 is 118 Å². The number of ether oxygens (including phenoxy) is 6. The van der Waals surface area contributed by atoms with Gasteiger partial charge in [-0.25, -0.2) is 4.79 Å². The Morgan fingerprint density at radius 1 is 0.620 bits per heavy atom. The average Bonchev–Trinajstić information content (AvgIpc) is 0.673. The van der Waals surface area contributed by atoms with Gasteiger partial charge in [0.25, 0.3) is 0 Å². The molecule has 2 saturated carbocycles. The number of allylic oxidation sites excluding steroid dienone is 24. The number of ketones is 1. The summed E-state index contributed by atoms with van der Waals surface area (Å²) in [5.74, 6) is -6.32. The molecule has 1 amide bonds. The second-order valence-electron chi connectivity index (χ2n) is 25.9. The zero-order valence-electron chi connectivity index (χ0n) is 57.3. The van der Waals surface area contributed by atoms with Crippen molar-refractivity contribution in [3.8, 4) is 0 Å². The molecule has 4 rings (SSSR count). The van der Waals surface area contributed by atoms with Crippen molar-refractivity contribution in [3.63, 3.8) is 0 Å². The number of Topliss-reactive ketones (excluding diaryl/α,β-unsaturated/α-hetero) is 1. The fourth-order valence-corrected chi connectivity index (χ4v) is 12.2. The fraction of sp³-hybridized carbons (Fsp3) is 0.579. The Kier molecular flexibility index (Phi) is 36.0. The maximum atomic E-state index is 16.3. The van der Waals surface area contributed by atoms with E-state index in [2.05, 4.69) is 129 Å². The van der Waals surface area contributed by atoms with Gasteiger partial charge in [-0.3, -0.25) is 24.0 Å². The van der Waals surface area contributed by atoms with E-state index in [9.17, 15) is 34.2 Å². The van der Waals surface area contributed by atoms with Gasteiger partial charge in [0.1, 0.15) is 35.1 Å². The molecule has 16 heteroatoms. The average molecular weight is 1490 g/mol. The third kappa shape index (κ3) is 24.5. The van der Waals surface area contributed by atoms with Crippen LogP contribution in [0, 0.1) is 66.7 Å². The summed E-state index contributed by atoms with van der Waals surface area (Å²) < 4.78 is 36.6. The molecule has 1 radical (unpaired) electrons. The number of aliphatic hydroxyl groups is 2. The van der Waals surface area contributed by atoms with Gasteiger partial charge in [-0.05, 0) is 150 Å². The van der Waals surface area contributed by atoms with E-state index in [4.69, 9.17) is 28.4 Å². The molecule has 2 bridgehead atoms. The number of fused-ring (bicyclic) bond motifs is 5. The molecule has 92 heavy (non-hydrogen) atoms. The number of hydrogen-bond donors (Lipinski definition) is 3. The Bertz CT molecular complexity index is 2800. The van der Waals surface area contributed by atoms with Crippen LogP contribution in [-0.4, -0.2) is 106 Å². The first kappa shape index (κ1) is 81.0. The van der Waals surface area contributed by atoms with Gasteiger partial charge in [-0.15, -0.1) is 0 Å². The zero-order valence-corrected chi connectivity index (χ0v) is 62.0. The molecule has 1 heterocycles. The van der Waals surface area contributed by atoms with Crippen molar-refractivity contribution >= 4 is 35.8 Å². The van der Waals surface area contributed by atoms with E-state index in [-0.39, 0.29) is 81.9 Å². The van der Waals surface area contributed by atoms with Crippen molar-refractivity contribution in [2.75, 3.05) is 6.61 Å². The maximum Gasteiger partial charge on any atom is 0.407 e. The minimum Gasteiger partial charge on any atom is -0.461 e. The Balaban J connectivity index is 0.0000221. The largest absolute Gasteiger partial charge is 0.461 e. The molecular weight excluding hydrogens is 1380 g/mol. The number of carbonyl (C=O) groups is 6. The molecule has 3 N–H and O–H groups in total. The Morgan fingerprint density at radius 2 is 1.02 bits per heavy atom. The number of rotatable bonds is 35. The molecular formula is C76H109AcNO14. The van der Waals surface area contributed by atoms with Crippen molar-refractivity contribution in [1.29, 1.82) is 0 Å². The molecule has 3 fully saturated rings. The van der Waals surface area contributed by atoms with Crippen LogP contribution >= 0.6 is 0 Å². The van der Waals surface area contributed by atoms with Crippen LogP contribution in [0.2, 0.25) is 0 Å². The summed E-state index contributed by atoms with van der Waals surface area (Å²) in [5.41, 5.74) is -8.29. The summed E-state index contributed by atoms with van der Waals surface area (Å²) in [4.78, 5) is 85.3. The maximum absolute atomic E-state index is 16.3. The van der Waals surface area contributed by atoms with Gasteiger partial charge in [0.05, 0.1) is 24.0 Å². The molecule has 1 aliphatic heterocycles. The predicted octanol–water partition coefficient (Wildman–Crippen LogP) is 15.4. The van der Waals surface area contributed by atoms with Gasteiger partial charge in [-0.1, -0.05) is 174 Å². The molecule has 0 aromatic rings. The molecule has 11 atom stereocenters. The Hall–Kier alpha value is -5.24. The summed E-state index contributed by atoms with van der Waals surface area (Å²) >= 11 is 0. The monoisotopic (exact) mass is 1490 g/mol. The number of nitrogens with one attached hydrogen (secondary N) is 1. The second kappa shape index (κ2) is 40.9. The summed E-state index contributed by atoms with van der Waals surface area (Å²) in [6, 6.07) is -0.799. The molecule has 3 aliphatic carbocycles. The SMILES string of the molecule is CC/C=C\C/C=C\C/C=C\C/C=C\C/C=C\C/C=C\CCC(=O)O[C@H]1C(=O)[C@]2(C)[C@@H](OC(=O)CC/C=C\C/C=C\C/C=C\C/C=C\C/C=C\C/C=C\CC)C[C@H]3OC[C@@]3(O)[C@H]2[C@H](OC(C)=O)[C@]2(O)C[C@H](OC(=O)[C@H](C)[C@H](C)NC(=O)OC(C)(C)C)C(C)=C1C2(C)C.[Ac]. The number of alkyl carbamates (subject to hydrolysis) is 1. The Labute approximate surface area is 586 Å². The number of carbonyl (C=O) groups excluding carboxylic acids is 6. The van der Waals surface area contributed by atoms with Crippen LogP contribution in [0.15, 0.2) is 157 Å². The van der Waals surface area contributed by atoms with Crippen molar-refractivity contribution in [2.45, 2.75) is 252 Å². The van der Waals surface area contributed by atoms with Crippen LogP contribution in [-0.2, 0) is 52.4 Å². The molecule has 505 valence electrons. The zero-order chi connectivity index (χ0) is 67.1. The molecule has 15 nitrogen and oxygen atoms in total. The van der Waals surface area contributed by atoms with E-state index in [0.717, 1.165) is 71.1 Å². The molecule has 4 aliphatic rings. The normalized spacial score (nSPS) is 26.6. The van der Waals surface area contributed by atoms with E-state index >= 15 is 4.79 Å². The van der Waals surface area contributed by atoms with E-state index in [1.807, 2.05) is 36.5 Å². The standard InChI is InChI=1S/C76H109NO14.Ac/c1-13-15-17-19-21-23-25-27-29-31-33-35-37-39-41-43-45-47-49-51-63(79)89-61-53-62-75(84,55-86-62)67-69(87-59(6)78)76(85)54-60(88-70(82)56(3)58(5)77-71(83)91-72(7,8)9)57(4)65(73(76,10)11)66(68(81)74(61,67)12)90-64(80)52-50-48-46-44-42-40-38-36-34-32-30-28-26-24-22-20-18-16-14-2;/h15-18,21-24,27-30,33-36,39-42,45-48,56,58,60-62,66-67,69,84-85H,13-14,19-20,25-26,31-32,37-38,43-44,49-55H2,1-12H3,(H,77,83);/b17-15-,18-16-,23-21-,24-22-,29-27-,30-28-,35-33-,36-34-,41-39-,42-40-,47-45-,48-46-;/t56-,58+,60+,61+,62-,66-,67+,69+,74-,75+,76-;/m1./s1.